The number of thiocarbonyl (C=S) groups is 1. The van der Waals surface area contributed by atoms with Gasteiger partial charge in [-0.25, -0.2) is 4.39 Å². The van der Waals surface area contributed by atoms with Crippen molar-refractivity contribution in [2.45, 2.75) is 20.4 Å². The molecule has 5 nitrogen and oxygen atoms in total. The van der Waals surface area contributed by atoms with E-state index in [9.17, 15) is 4.39 Å². The average Bonchev–Trinajstić information content (AvgIpc) is 2.91. The molecule has 3 rings (SSSR count). The van der Waals surface area contributed by atoms with Gasteiger partial charge >= 0.3 is 0 Å². The van der Waals surface area contributed by atoms with Crippen molar-refractivity contribution in [1.29, 1.82) is 0 Å². The van der Waals surface area contributed by atoms with E-state index in [1.54, 1.807) is 23.9 Å². The monoisotopic (exact) mass is 384 g/mol. The summed E-state index contributed by atoms with van der Waals surface area (Å²) in [6.45, 7) is 4.17. The summed E-state index contributed by atoms with van der Waals surface area (Å²) in [5, 5.41) is 11.3. The summed E-state index contributed by atoms with van der Waals surface area (Å²) in [4.78, 5) is 0. The summed E-state index contributed by atoms with van der Waals surface area (Å²) >= 11 is 5.43. The van der Waals surface area contributed by atoms with Gasteiger partial charge in [0.25, 0.3) is 0 Å². The molecule has 7 heteroatoms. The van der Waals surface area contributed by atoms with Gasteiger partial charge in [-0.15, -0.1) is 0 Å². The molecular formula is C20H21FN4OS. The third-order valence-electron chi connectivity index (χ3n) is 4.25. The number of nitrogens with zero attached hydrogens (tertiary/aromatic N) is 2. The molecule has 0 saturated heterocycles. The fourth-order valence-corrected chi connectivity index (χ4v) is 3.05. The van der Waals surface area contributed by atoms with Gasteiger partial charge in [0.15, 0.2) is 5.11 Å². The Bertz CT molecular complexity index is 970. The molecule has 0 aliphatic rings. The summed E-state index contributed by atoms with van der Waals surface area (Å²) in [6.07, 6.45) is 0. The Balaban J connectivity index is 1.76. The Labute approximate surface area is 163 Å². The van der Waals surface area contributed by atoms with Gasteiger partial charge in [-0.2, -0.15) is 5.10 Å². The molecule has 1 aromatic heterocycles. The Morgan fingerprint density at radius 2 is 1.81 bits per heavy atom. The Hall–Kier alpha value is -2.93. The number of ether oxygens (including phenoxy) is 1. The van der Waals surface area contributed by atoms with E-state index < -0.39 is 0 Å². The third-order valence-corrected chi connectivity index (χ3v) is 4.46. The van der Waals surface area contributed by atoms with Crippen molar-refractivity contribution in [2.24, 2.45) is 0 Å². The van der Waals surface area contributed by atoms with Gasteiger partial charge in [0.1, 0.15) is 11.6 Å². The second-order valence-electron chi connectivity index (χ2n) is 6.07. The lowest BCUT2D eigenvalue weighted by Gasteiger charge is -2.13. The largest absolute Gasteiger partial charge is 0.495 e. The van der Waals surface area contributed by atoms with Crippen molar-refractivity contribution in [3.63, 3.8) is 0 Å². The molecule has 140 valence electrons. The van der Waals surface area contributed by atoms with E-state index in [1.165, 1.54) is 6.07 Å². The van der Waals surface area contributed by atoms with Crippen LogP contribution in [-0.2, 0) is 6.54 Å². The van der Waals surface area contributed by atoms with Gasteiger partial charge in [-0.05, 0) is 44.3 Å². The summed E-state index contributed by atoms with van der Waals surface area (Å²) in [5.74, 6) is 0.457. The smallest absolute Gasteiger partial charge is 0.175 e. The number of methoxy groups -OCH3 is 1. The molecule has 0 amide bonds. The van der Waals surface area contributed by atoms with Gasteiger partial charge in [-0.3, -0.25) is 4.68 Å². The number of nitrogens with one attached hydrogen (secondary N) is 2. The van der Waals surface area contributed by atoms with Crippen LogP contribution in [0, 0.1) is 19.7 Å². The van der Waals surface area contributed by atoms with Crippen LogP contribution < -0.4 is 15.4 Å². The first-order valence-electron chi connectivity index (χ1n) is 8.48. The lowest BCUT2D eigenvalue weighted by atomic mass is 10.2. The molecule has 2 aromatic carbocycles. The minimum Gasteiger partial charge on any atom is -0.495 e. The highest BCUT2D eigenvalue weighted by molar-refractivity contribution is 7.80. The van der Waals surface area contributed by atoms with Crippen LogP contribution in [0.4, 0.5) is 15.8 Å². The van der Waals surface area contributed by atoms with E-state index in [0.29, 0.717) is 23.0 Å². The zero-order valence-corrected chi connectivity index (χ0v) is 16.2. The van der Waals surface area contributed by atoms with Gasteiger partial charge < -0.3 is 15.4 Å². The molecule has 0 bridgehead atoms. The number of halogens is 1. The maximum atomic E-state index is 13.9. The maximum absolute atomic E-state index is 13.9. The SMILES string of the molecule is COc1ccccc1NC(=S)Nc1c(C)nn(Cc2ccccc2F)c1C. The fraction of sp³-hybridized carbons (Fsp3) is 0.200. The van der Waals surface area contributed by atoms with E-state index in [0.717, 1.165) is 22.8 Å². The predicted octanol–water partition coefficient (Wildman–Crippen LogP) is 4.50. The standard InChI is InChI=1S/C20H21FN4OS/c1-13-19(23-20(27)22-17-10-6-7-11-18(17)26-3)14(2)25(24-13)12-15-8-4-5-9-16(15)21/h4-11H,12H2,1-3H3,(H2,22,23,27). The van der Waals surface area contributed by atoms with E-state index in [1.807, 2.05) is 44.2 Å². The van der Waals surface area contributed by atoms with E-state index in [2.05, 4.69) is 15.7 Å². The highest BCUT2D eigenvalue weighted by Gasteiger charge is 2.14. The minimum atomic E-state index is -0.243. The quantitative estimate of drug-likeness (QED) is 0.634. The van der Waals surface area contributed by atoms with Crippen molar-refractivity contribution in [1.82, 2.24) is 9.78 Å². The third kappa shape index (κ3) is 4.25. The highest BCUT2D eigenvalue weighted by atomic mass is 32.1. The number of benzene rings is 2. The average molecular weight is 384 g/mol. The molecule has 2 N–H and O–H groups in total. The molecule has 0 atom stereocenters. The first-order chi connectivity index (χ1) is 13.0. The molecule has 0 fully saturated rings. The van der Waals surface area contributed by atoms with E-state index in [4.69, 9.17) is 17.0 Å². The summed E-state index contributed by atoms with van der Waals surface area (Å²) < 4.78 is 21.0. The summed E-state index contributed by atoms with van der Waals surface area (Å²) in [7, 11) is 1.61. The van der Waals surface area contributed by atoms with Crippen LogP contribution in [0.5, 0.6) is 5.75 Å². The highest BCUT2D eigenvalue weighted by Crippen LogP contribution is 2.25. The van der Waals surface area contributed by atoms with Crippen molar-refractivity contribution in [3.8, 4) is 5.75 Å². The Morgan fingerprint density at radius 3 is 2.56 bits per heavy atom. The number of para-hydroxylation sites is 2. The lowest BCUT2D eigenvalue weighted by Crippen LogP contribution is -2.20. The summed E-state index contributed by atoms with van der Waals surface area (Å²) in [5.41, 5.74) is 3.82. The van der Waals surface area contributed by atoms with Crippen LogP contribution in [0.25, 0.3) is 0 Å². The fourth-order valence-electron chi connectivity index (χ4n) is 2.83. The molecule has 1 heterocycles. The zero-order chi connectivity index (χ0) is 19.4. The zero-order valence-electron chi connectivity index (χ0n) is 15.4. The molecule has 0 aliphatic carbocycles. The maximum Gasteiger partial charge on any atom is 0.175 e. The second-order valence-corrected chi connectivity index (χ2v) is 6.48. The van der Waals surface area contributed by atoms with Crippen LogP contribution in [-0.4, -0.2) is 22.0 Å². The number of rotatable bonds is 5. The number of aromatic nitrogens is 2. The topological polar surface area (TPSA) is 51.1 Å². The minimum absolute atomic E-state index is 0.243. The molecule has 0 radical (unpaired) electrons. The van der Waals surface area contributed by atoms with E-state index >= 15 is 0 Å². The molecule has 0 spiro atoms. The number of aryl methyl sites for hydroxylation is 1. The first-order valence-corrected chi connectivity index (χ1v) is 8.89. The van der Waals surface area contributed by atoms with Crippen molar-refractivity contribution >= 4 is 28.7 Å². The first kappa shape index (κ1) is 18.8. The van der Waals surface area contributed by atoms with Crippen LogP contribution in [0.1, 0.15) is 17.0 Å². The van der Waals surface area contributed by atoms with E-state index in [-0.39, 0.29) is 5.82 Å². The van der Waals surface area contributed by atoms with Gasteiger partial charge in [0.05, 0.1) is 36.4 Å². The Morgan fingerprint density at radius 1 is 1.11 bits per heavy atom. The number of anilines is 2. The van der Waals surface area contributed by atoms with Crippen LogP contribution in [0.2, 0.25) is 0 Å². The lowest BCUT2D eigenvalue weighted by molar-refractivity contribution is 0.417. The molecular weight excluding hydrogens is 363 g/mol. The normalized spacial score (nSPS) is 10.5. The Kier molecular flexibility index (Phi) is 5.71. The van der Waals surface area contributed by atoms with Gasteiger partial charge in [-0.1, -0.05) is 30.3 Å². The molecule has 0 saturated carbocycles. The van der Waals surface area contributed by atoms with Crippen molar-refractivity contribution in [2.75, 3.05) is 17.7 Å². The molecule has 0 aliphatic heterocycles. The molecule has 0 unspecified atom stereocenters. The van der Waals surface area contributed by atoms with Gasteiger partial charge in [0.2, 0.25) is 0 Å². The van der Waals surface area contributed by atoms with Crippen LogP contribution >= 0.6 is 12.2 Å². The molecule has 3 aromatic rings. The number of hydrogen-bond acceptors (Lipinski definition) is 3. The summed E-state index contributed by atoms with van der Waals surface area (Å²) in [6, 6.07) is 14.2. The second kappa shape index (κ2) is 8.18. The predicted molar refractivity (Wildman–Crippen MR) is 110 cm³/mol. The van der Waals surface area contributed by atoms with Gasteiger partial charge in [0, 0.05) is 5.56 Å². The van der Waals surface area contributed by atoms with Crippen molar-refractivity contribution in [3.05, 3.63) is 71.3 Å². The van der Waals surface area contributed by atoms with Crippen molar-refractivity contribution < 1.29 is 9.13 Å². The van der Waals surface area contributed by atoms with Crippen LogP contribution in [0.3, 0.4) is 0 Å². The van der Waals surface area contributed by atoms with Crippen LogP contribution in [0.15, 0.2) is 48.5 Å². The number of hydrogen-bond donors (Lipinski definition) is 2. The molecule has 27 heavy (non-hydrogen) atoms.